The highest BCUT2D eigenvalue weighted by Crippen LogP contribution is 2.43. The smallest absolute Gasteiger partial charge is 0.316 e. The van der Waals surface area contributed by atoms with E-state index in [4.69, 9.17) is 11.2 Å². The van der Waals surface area contributed by atoms with Gasteiger partial charge in [-0.3, -0.25) is 14.6 Å². The molecule has 3 atom stereocenters. The third kappa shape index (κ3) is 8.54. The van der Waals surface area contributed by atoms with Gasteiger partial charge in [0.25, 0.3) is 0 Å². The van der Waals surface area contributed by atoms with Crippen LogP contribution in [0.15, 0.2) is 48.8 Å². The molecule has 2 aromatic rings. The minimum absolute atomic E-state index is 0.0286. The van der Waals surface area contributed by atoms with Crippen LogP contribution in [0.2, 0.25) is 0 Å². The topological polar surface area (TPSA) is 95.9 Å². The lowest BCUT2D eigenvalue weighted by Crippen LogP contribution is -2.55. The highest BCUT2D eigenvalue weighted by atomic mass is 35.5. The summed E-state index contributed by atoms with van der Waals surface area (Å²) < 4.78 is 18.5. The van der Waals surface area contributed by atoms with Crippen molar-refractivity contribution in [3.63, 3.8) is 0 Å². The predicted octanol–water partition coefficient (Wildman–Crippen LogP) is 5.13. The zero-order valence-corrected chi connectivity index (χ0v) is 23.2. The molecule has 38 heavy (non-hydrogen) atoms. The molecule has 0 saturated heterocycles. The summed E-state index contributed by atoms with van der Waals surface area (Å²) in [6, 6.07) is 11.4. The molecule has 0 aliphatic heterocycles. The van der Waals surface area contributed by atoms with Crippen LogP contribution in [-0.4, -0.2) is 35.9 Å². The van der Waals surface area contributed by atoms with Gasteiger partial charge in [-0.05, 0) is 24.8 Å². The summed E-state index contributed by atoms with van der Waals surface area (Å²) >= 11 is 4.64. The number of nitrogens with one attached hydrogen (secondary N) is 1. The van der Waals surface area contributed by atoms with Crippen LogP contribution in [-0.2, 0) is 19.7 Å². The number of esters is 1. The standard InChI is InChI=1S/C22H29NO2.C7H7FN2O.CH3Cl/c1-2-17-16-20(19(17)12-15-23)25-21(24)22(13-8-3-4-9-14-22)18-10-6-5-7-11-18;1-5(11)10-7-2-6(8)3-9-4-7;1-2/h1,5-7,10-11,17,19-20H,3-4,8-9,12-16,23H2;2-4H,1H3,(H,10,11);1H3/p+1. The van der Waals surface area contributed by atoms with E-state index in [2.05, 4.69) is 45.7 Å². The van der Waals surface area contributed by atoms with Crippen LogP contribution in [0.25, 0.3) is 0 Å². The number of carbonyl (C=O) groups is 2. The lowest BCUT2D eigenvalue weighted by Gasteiger charge is -2.43. The van der Waals surface area contributed by atoms with Crippen LogP contribution in [0.4, 0.5) is 10.1 Å². The number of aromatic nitrogens is 1. The first-order chi connectivity index (χ1) is 18.4. The fourth-order valence-electron chi connectivity index (χ4n) is 5.25. The molecule has 0 spiro atoms. The lowest BCUT2D eigenvalue weighted by atomic mass is 9.69. The number of pyridine rings is 1. The summed E-state index contributed by atoms with van der Waals surface area (Å²) in [5.74, 6) is 2.64. The molecule has 0 radical (unpaired) electrons. The number of benzene rings is 1. The third-order valence-corrected chi connectivity index (χ3v) is 7.19. The molecule has 4 rings (SSSR count). The third-order valence-electron chi connectivity index (χ3n) is 7.19. The second kappa shape index (κ2) is 16.1. The Bertz CT molecular complexity index is 1050. The number of alkyl halides is 1. The minimum atomic E-state index is -0.478. The number of nitrogens with zero attached hydrogens (tertiary/aromatic N) is 1. The number of amides is 1. The summed E-state index contributed by atoms with van der Waals surface area (Å²) in [6.07, 6.45) is 17.6. The van der Waals surface area contributed by atoms with Crippen LogP contribution in [0.5, 0.6) is 0 Å². The monoisotopic (exact) mass is 544 g/mol. The Morgan fingerprint density at radius 3 is 2.39 bits per heavy atom. The van der Waals surface area contributed by atoms with Crippen LogP contribution >= 0.6 is 11.6 Å². The van der Waals surface area contributed by atoms with Gasteiger partial charge in [-0.2, -0.15) is 0 Å². The van der Waals surface area contributed by atoms with Gasteiger partial charge >= 0.3 is 5.97 Å². The van der Waals surface area contributed by atoms with Crippen LogP contribution in [0.1, 0.15) is 63.9 Å². The number of terminal acetylenes is 1. The Kier molecular flexibility index (Phi) is 13.3. The minimum Gasteiger partial charge on any atom is -0.461 e. The second-order valence-electron chi connectivity index (χ2n) is 9.69. The van der Waals surface area contributed by atoms with Crippen molar-refractivity contribution in [1.82, 2.24) is 4.98 Å². The number of quaternary nitrogens is 1. The maximum atomic E-state index is 13.3. The fourth-order valence-corrected chi connectivity index (χ4v) is 5.25. The van der Waals surface area contributed by atoms with Gasteiger partial charge < -0.3 is 15.8 Å². The molecule has 2 saturated carbocycles. The summed E-state index contributed by atoms with van der Waals surface area (Å²) in [5, 5.41) is 2.40. The van der Waals surface area contributed by atoms with Crippen molar-refractivity contribution in [1.29, 1.82) is 0 Å². The van der Waals surface area contributed by atoms with Crippen molar-refractivity contribution in [3.8, 4) is 12.3 Å². The molecule has 8 heteroatoms. The molecular formula is C30H40ClFN3O3+. The van der Waals surface area contributed by atoms with Crippen molar-refractivity contribution >= 4 is 29.2 Å². The van der Waals surface area contributed by atoms with Gasteiger partial charge in [0.15, 0.2) is 0 Å². The Morgan fingerprint density at radius 1 is 1.18 bits per heavy atom. The summed E-state index contributed by atoms with van der Waals surface area (Å²) in [7, 11) is 0. The predicted molar refractivity (Wildman–Crippen MR) is 149 cm³/mol. The molecule has 2 aliphatic rings. The van der Waals surface area contributed by atoms with E-state index in [1.807, 2.05) is 18.2 Å². The highest BCUT2D eigenvalue weighted by molar-refractivity contribution is 6.15. The van der Waals surface area contributed by atoms with Crippen molar-refractivity contribution in [3.05, 3.63) is 60.2 Å². The molecule has 1 aromatic carbocycles. The van der Waals surface area contributed by atoms with Crippen molar-refractivity contribution < 1.29 is 24.5 Å². The Morgan fingerprint density at radius 2 is 1.84 bits per heavy atom. The maximum absolute atomic E-state index is 13.3. The van der Waals surface area contributed by atoms with Crippen molar-refractivity contribution in [2.45, 2.75) is 69.8 Å². The molecule has 6 nitrogen and oxygen atoms in total. The van der Waals surface area contributed by atoms with Crippen LogP contribution in [0, 0.1) is 30.0 Å². The zero-order chi connectivity index (χ0) is 28.0. The van der Waals surface area contributed by atoms with Gasteiger partial charge in [-0.1, -0.05) is 56.0 Å². The number of anilines is 1. The average Bonchev–Trinajstić information content (AvgIpc) is 3.18. The average molecular weight is 545 g/mol. The Hall–Kier alpha value is -2.95. The number of hydrogen-bond donors (Lipinski definition) is 2. The van der Waals surface area contributed by atoms with E-state index in [-0.39, 0.29) is 29.8 Å². The fraction of sp³-hybridized carbons (Fsp3) is 0.500. The second-order valence-corrected chi connectivity index (χ2v) is 9.69. The largest absolute Gasteiger partial charge is 0.461 e. The van der Waals surface area contributed by atoms with Gasteiger partial charge in [-0.15, -0.1) is 23.9 Å². The number of carbonyl (C=O) groups excluding carboxylic acids is 2. The molecule has 3 unspecified atom stereocenters. The highest BCUT2D eigenvalue weighted by Gasteiger charge is 2.47. The lowest BCUT2D eigenvalue weighted by molar-refractivity contribution is -0.372. The Labute approximate surface area is 230 Å². The molecular weight excluding hydrogens is 505 g/mol. The van der Waals surface area contributed by atoms with E-state index in [9.17, 15) is 14.0 Å². The van der Waals surface area contributed by atoms with Gasteiger partial charge in [0.2, 0.25) is 5.91 Å². The van der Waals surface area contributed by atoms with Crippen LogP contribution in [0.3, 0.4) is 0 Å². The van der Waals surface area contributed by atoms with Crippen molar-refractivity contribution in [2.24, 2.45) is 11.8 Å². The normalized spacial score (nSPS) is 21.4. The first-order valence-electron chi connectivity index (χ1n) is 13.2. The first-order valence-corrected chi connectivity index (χ1v) is 13.9. The van der Waals surface area contributed by atoms with Gasteiger partial charge in [0, 0.05) is 37.6 Å². The van der Waals surface area contributed by atoms with Gasteiger partial charge in [0.1, 0.15) is 11.9 Å². The van der Waals surface area contributed by atoms with E-state index in [1.165, 1.54) is 38.4 Å². The summed E-state index contributed by atoms with van der Waals surface area (Å²) in [5.41, 5.74) is 4.95. The summed E-state index contributed by atoms with van der Waals surface area (Å²) in [6.45, 7) is 2.19. The molecule has 1 aromatic heterocycles. The van der Waals surface area contributed by atoms with Crippen molar-refractivity contribution in [2.75, 3.05) is 18.2 Å². The van der Waals surface area contributed by atoms with Crippen LogP contribution < -0.4 is 11.1 Å². The molecule has 4 N–H and O–H groups in total. The molecule has 206 valence electrons. The number of rotatable bonds is 6. The number of ether oxygens (including phenoxy) is 1. The molecule has 2 fully saturated rings. The molecule has 1 amide bonds. The quantitative estimate of drug-likeness (QED) is 0.228. The zero-order valence-electron chi connectivity index (χ0n) is 22.4. The van der Waals surface area contributed by atoms with Gasteiger partial charge in [-0.25, -0.2) is 4.39 Å². The van der Waals surface area contributed by atoms with E-state index in [0.717, 1.165) is 56.8 Å². The van der Waals surface area contributed by atoms with E-state index in [0.29, 0.717) is 5.69 Å². The van der Waals surface area contributed by atoms with E-state index in [1.54, 1.807) is 0 Å². The Balaban J connectivity index is 0.000000327. The number of halogens is 2. The maximum Gasteiger partial charge on any atom is 0.316 e. The molecule has 2 aliphatic carbocycles. The SMILES string of the molecule is C#CC1CC(OC(=O)C2(c3ccccc3)CCCCCC2)C1CC[NH3+].CC(=O)Nc1cncc(F)c1.CCl. The molecule has 1 heterocycles. The molecule has 0 bridgehead atoms. The van der Waals surface area contributed by atoms with Gasteiger partial charge in [0.05, 0.1) is 30.0 Å². The van der Waals surface area contributed by atoms with E-state index >= 15 is 0 Å². The summed E-state index contributed by atoms with van der Waals surface area (Å²) in [4.78, 5) is 27.3. The van der Waals surface area contributed by atoms with E-state index < -0.39 is 11.2 Å². The number of hydrogen-bond acceptors (Lipinski definition) is 4. The first kappa shape index (κ1) is 31.3.